The maximum Gasteiger partial charge on any atom is 0.292 e. The molecule has 1 aliphatic heterocycles. The smallest absolute Gasteiger partial charge is 0.292 e. The van der Waals surface area contributed by atoms with Crippen LogP contribution < -0.4 is 10.2 Å². The largest absolute Gasteiger partial charge is 0.373 e. The lowest BCUT2D eigenvalue weighted by molar-refractivity contribution is -0.384. The zero-order valence-electron chi connectivity index (χ0n) is 19.3. The number of allylic oxidation sites excluding steroid dienone is 1. The molecule has 3 aromatic rings. The van der Waals surface area contributed by atoms with Crippen molar-refractivity contribution in [2.75, 3.05) is 24.3 Å². The molecule has 0 spiro atoms. The summed E-state index contributed by atoms with van der Waals surface area (Å²) in [6.07, 6.45) is 1.24. The van der Waals surface area contributed by atoms with Gasteiger partial charge in [-0.25, -0.2) is 0 Å². The minimum Gasteiger partial charge on any atom is -0.373 e. The number of anilines is 2. The van der Waals surface area contributed by atoms with E-state index in [0.29, 0.717) is 12.1 Å². The summed E-state index contributed by atoms with van der Waals surface area (Å²) in [5, 5.41) is 17.6. The van der Waals surface area contributed by atoms with Crippen LogP contribution in [-0.4, -0.2) is 24.8 Å². The Labute approximate surface area is 193 Å². The zero-order valence-corrected chi connectivity index (χ0v) is 19.3. The van der Waals surface area contributed by atoms with Crippen molar-refractivity contribution in [2.45, 2.75) is 32.7 Å². The van der Waals surface area contributed by atoms with Crippen LogP contribution in [0.5, 0.6) is 0 Å². The highest BCUT2D eigenvalue weighted by molar-refractivity contribution is 6.12. The minimum atomic E-state index is -0.424. The lowest BCUT2D eigenvalue weighted by atomic mass is 9.68. The highest BCUT2D eigenvalue weighted by atomic mass is 16.6. The van der Waals surface area contributed by atoms with Crippen molar-refractivity contribution in [1.29, 1.82) is 0 Å². The third-order valence-electron chi connectivity index (χ3n) is 6.75. The van der Waals surface area contributed by atoms with Gasteiger partial charge < -0.3 is 10.2 Å². The maximum atomic E-state index is 13.5. The van der Waals surface area contributed by atoms with E-state index in [1.165, 1.54) is 0 Å². The Morgan fingerprint density at radius 1 is 1.06 bits per heavy atom. The molecule has 0 saturated heterocycles. The van der Waals surface area contributed by atoms with Crippen LogP contribution in [0.25, 0.3) is 16.3 Å². The monoisotopic (exact) mass is 441 g/mol. The molecule has 6 heteroatoms. The number of benzene rings is 3. The van der Waals surface area contributed by atoms with Gasteiger partial charge in [0.05, 0.1) is 11.0 Å². The van der Waals surface area contributed by atoms with Crippen molar-refractivity contribution < 1.29 is 9.72 Å². The molecule has 1 atom stereocenters. The zero-order chi connectivity index (χ0) is 23.5. The summed E-state index contributed by atoms with van der Waals surface area (Å²) >= 11 is 0. The van der Waals surface area contributed by atoms with Gasteiger partial charge in [0, 0.05) is 43.4 Å². The molecule has 1 aliphatic carbocycles. The van der Waals surface area contributed by atoms with Crippen molar-refractivity contribution in [3.05, 3.63) is 81.4 Å². The molecule has 0 aromatic heterocycles. The molecule has 168 valence electrons. The second-order valence-electron chi connectivity index (χ2n) is 10.0. The second-order valence-corrected chi connectivity index (χ2v) is 10.0. The van der Waals surface area contributed by atoms with E-state index in [1.54, 1.807) is 31.1 Å². The van der Waals surface area contributed by atoms with E-state index >= 15 is 0 Å². The first-order valence-electron chi connectivity index (χ1n) is 11.2. The lowest BCUT2D eigenvalue weighted by Crippen LogP contribution is -2.33. The van der Waals surface area contributed by atoms with Gasteiger partial charge in [-0.15, -0.1) is 0 Å². The third-order valence-corrected chi connectivity index (χ3v) is 6.75. The number of nitro groups is 1. The van der Waals surface area contributed by atoms with E-state index in [2.05, 4.69) is 43.4 Å². The molecule has 1 N–H and O–H groups in total. The Morgan fingerprint density at radius 2 is 1.82 bits per heavy atom. The topological polar surface area (TPSA) is 75.5 Å². The number of fused-ring (bicyclic) bond motifs is 4. The normalized spacial score (nSPS) is 19.0. The van der Waals surface area contributed by atoms with Crippen LogP contribution in [0.3, 0.4) is 0 Å². The SMILES string of the molecule is CN(C)c1ccc([C@@H]2Nc3ccc4ccccc4c3C3=C2C(=O)CC(C)(C)C3)cc1[N+](=O)[O-]. The number of ketones is 1. The van der Waals surface area contributed by atoms with Gasteiger partial charge in [0.25, 0.3) is 5.69 Å². The molecule has 0 radical (unpaired) electrons. The van der Waals surface area contributed by atoms with Crippen LogP contribution in [0.15, 0.2) is 60.2 Å². The fourth-order valence-corrected chi connectivity index (χ4v) is 5.33. The first-order chi connectivity index (χ1) is 15.7. The molecule has 0 saturated carbocycles. The summed E-state index contributed by atoms with van der Waals surface area (Å²) in [6.45, 7) is 4.26. The summed E-state index contributed by atoms with van der Waals surface area (Å²) in [7, 11) is 3.57. The molecule has 5 rings (SSSR count). The molecule has 0 amide bonds. The average molecular weight is 442 g/mol. The van der Waals surface area contributed by atoms with Crippen LogP contribution in [0.1, 0.15) is 43.9 Å². The van der Waals surface area contributed by atoms with Crippen molar-refractivity contribution in [3.63, 3.8) is 0 Å². The van der Waals surface area contributed by atoms with Crippen molar-refractivity contribution in [3.8, 4) is 0 Å². The quantitative estimate of drug-likeness (QED) is 0.391. The molecular formula is C27H27N3O3. The summed E-state index contributed by atoms with van der Waals surface area (Å²) < 4.78 is 0. The fourth-order valence-electron chi connectivity index (χ4n) is 5.33. The van der Waals surface area contributed by atoms with E-state index in [0.717, 1.165) is 45.2 Å². The number of hydrogen-bond acceptors (Lipinski definition) is 5. The van der Waals surface area contributed by atoms with Crippen molar-refractivity contribution in [1.82, 2.24) is 0 Å². The van der Waals surface area contributed by atoms with Crippen LogP contribution in [0, 0.1) is 15.5 Å². The number of nitrogens with one attached hydrogen (secondary N) is 1. The molecule has 0 bridgehead atoms. The highest BCUT2D eigenvalue weighted by Gasteiger charge is 2.41. The molecule has 0 fully saturated rings. The van der Waals surface area contributed by atoms with E-state index in [1.807, 2.05) is 18.2 Å². The van der Waals surface area contributed by atoms with Crippen molar-refractivity contribution in [2.24, 2.45) is 5.41 Å². The van der Waals surface area contributed by atoms with E-state index in [4.69, 9.17) is 0 Å². The molecule has 6 nitrogen and oxygen atoms in total. The van der Waals surface area contributed by atoms with E-state index < -0.39 is 6.04 Å². The first-order valence-corrected chi connectivity index (χ1v) is 11.2. The number of rotatable bonds is 3. The van der Waals surface area contributed by atoms with Gasteiger partial charge in [-0.1, -0.05) is 50.2 Å². The molecule has 2 aliphatic rings. The predicted octanol–water partition coefficient (Wildman–Crippen LogP) is 6.12. The van der Waals surface area contributed by atoms with Gasteiger partial charge in [-0.05, 0) is 45.9 Å². The van der Waals surface area contributed by atoms with Gasteiger partial charge in [0.2, 0.25) is 0 Å². The highest BCUT2D eigenvalue weighted by Crippen LogP contribution is 2.52. The fraction of sp³-hybridized carbons (Fsp3) is 0.296. The third kappa shape index (κ3) is 3.46. The Balaban J connectivity index is 1.76. The summed E-state index contributed by atoms with van der Waals surface area (Å²) in [4.78, 5) is 26.7. The summed E-state index contributed by atoms with van der Waals surface area (Å²) in [5.74, 6) is 0.108. The van der Waals surface area contributed by atoms with Crippen molar-refractivity contribution >= 4 is 39.2 Å². The van der Waals surface area contributed by atoms with Gasteiger partial charge in [0.15, 0.2) is 5.78 Å². The lowest BCUT2D eigenvalue weighted by Gasteiger charge is -2.40. The predicted molar refractivity (Wildman–Crippen MR) is 133 cm³/mol. The van der Waals surface area contributed by atoms with Gasteiger partial charge >= 0.3 is 0 Å². The minimum absolute atomic E-state index is 0.0364. The molecular weight excluding hydrogens is 414 g/mol. The standard InChI is InChI=1S/C27H27N3O3/c1-27(2)14-19-24-18-8-6-5-7-16(18)9-11-20(24)28-26(25(19)23(31)15-27)17-10-12-21(29(3)4)22(13-17)30(32)33/h5-13,26,28H,14-15H2,1-4H3/t26-/m0/s1. The molecule has 0 unspecified atom stereocenters. The number of nitro benzene ring substituents is 1. The first kappa shape index (κ1) is 21.2. The van der Waals surface area contributed by atoms with Crippen LogP contribution in [0.4, 0.5) is 17.1 Å². The van der Waals surface area contributed by atoms with Gasteiger partial charge in [-0.2, -0.15) is 0 Å². The Morgan fingerprint density at radius 3 is 2.55 bits per heavy atom. The molecule has 1 heterocycles. The summed E-state index contributed by atoms with van der Waals surface area (Å²) in [5.41, 5.74) is 5.00. The number of hydrogen-bond donors (Lipinski definition) is 1. The molecule has 33 heavy (non-hydrogen) atoms. The number of carbonyl (C=O) groups is 1. The summed E-state index contributed by atoms with van der Waals surface area (Å²) in [6, 6.07) is 17.2. The van der Waals surface area contributed by atoms with Crippen LogP contribution in [0.2, 0.25) is 0 Å². The molecule has 3 aromatic carbocycles. The maximum absolute atomic E-state index is 13.5. The average Bonchev–Trinajstić information content (AvgIpc) is 2.76. The van der Waals surface area contributed by atoms with Gasteiger partial charge in [0.1, 0.15) is 5.69 Å². The van der Waals surface area contributed by atoms with E-state index in [-0.39, 0.29) is 21.8 Å². The Kier molecular flexibility index (Phi) is 4.78. The second kappa shape index (κ2) is 7.44. The number of carbonyl (C=O) groups excluding carboxylic acids is 1. The van der Waals surface area contributed by atoms with Gasteiger partial charge in [-0.3, -0.25) is 14.9 Å². The number of nitrogens with zero attached hydrogens (tertiary/aromatic N) is 2. The van der Waals surface area contributed by atoms with Crippen LogP contribution >= 0.6 is 0 Å². The Bertz CT molecular complexity index is 1350. The van der Waals surface area contributed by atoms with Crippen LogP contribution in [-0.2, 0) is 4.79 Å². The Hall–Kier alpha value is -3.67. The van der Waals surface area contributed by atoms with E-state index in [9.17, 15) is 14.9 Å². The number of Topliss-reactive ketones (excluding diaryl/α,β-unsaturated/α-hetero) is 1.